The molecule has 6 nitrogen and oxygen atoms in total. The van der Waals surface area contributed by atoms with Crippen molar-refractivity contribution in [3.8, 4) is 0 Å². The summed E-state index contributed by atoms with van der Waals surface area (Å²) in [5.74, 6) is -1.04. The average molecular weight is 420 g/mol. The van der Waals surface area contributed by atoms with Gasteiger partial charge in [0.25, 0.3) is 5.91 Å². The summed E-state index contributed by atoms with van der Waals surface area (Å²) in [5.41, 5.74) is 1.47. The van der Waals surface area contributed by atoms with Crippen molar-refractivity contribution < 1.29 is 14.3 Å². The predicted octanol–water partition coefficient (Wildman–Crippen LogP) is 3.61. The van der Waals surface area contributed by atoms with E-state index in [4.69, 9.17) is 4.74 Å². The van der Waals surface area contributed by atoms with Crippen LogP contribution in [0.15, 0.2) is 58.3 Å². The predicted molar refractivity (Wildman–Crippen MR) is 100 cm³/mol. The van der Waals surface area contributed by atoms with Crippen molar-refractivity contribution in [2.45, 2.75) is 5.16 Å². The molecule has 0 spiro atoms. The van der Waals surface area contributed by atoms with Crippen molar-refractivity contribution >= 4 is 50.8 Å². The van der Waals surface area contributed by atoms with Crippen LogP contribution in [0.4, 0.5) is 5.69 Å². The number of halogens is 1. The Bertz CT molecular complexity index is 925. The molecule has 2 heterocycles. The Balaban J connectivity index is 1.66. The van der Waals surface area contributed by atoms with Crippen LogP contribution in [-0.4, -0.2) is 34.1 Å². The minimum absolute atomic E-state index is 0.196. The lowest BCUT2D eigenvalue weighted by atomic mass is 10.3. The Hall–Kier alpha value is -2.32. The Morgan fingerprint density at radius 1 is 1.24 bits per heavy atom. The second-order valence-corrected chi connectivity index (χ2v) is 6.72. The van der Waals surface area contributed by atoms with E-state index in [0.29, 0.717) is 16.4 Å². The molecule has 0 radical (unpaired) electrons. The number of hydrogen-bond acceptors (Lipinski definition) is 5. The molecule has 1 N–H and O–H groups in total. The van der Waals surface area contributed by atoms with Crippen LogP contribution < -0.4 is 5.32 Å². The monoisotopic (exact) mass is 419 g/mol. The molecule has 3 aromatic rings. The van der Waals surface area contributed by atoms with Crippen LogP contribution in [-0.2, 0) is 9.53 Å². The fourth-order valence-corrected chi connectivity index (χ4v) is 3.04. The van der Waals surface area contributed by atoms with E-state index in [2.05, 4.69) is 26.2 Å². The number of anilines is 1. The second-order valence-electron chi connectivity index (χ2n) is 5.03. The minimum atomic E-state index is -0.630. The summed E-state index contributed by atoms with van der Waals surface area (Å²) in [6, 6.07) is 12.6. The number of esters is 1. The Labute approximate surface area is 156 Å². The Kier molecular flexibility index (Phi) is 5.40. The van der Waals surface area contributed by atoms with E-state index < -0.39 is 11.9 Å². The smallest absolute Gasteiger partial charge is 0.359 e. The topological polar surface area (TPSA) is 72.7 Å². The minimum Gasteiger partial charge on any atom is -0.451 e. The third-order valence-corrected chi connectivity index (χ3v) is 4.54. The third-order valence-electron chi connectivity index (χ3n) is 3.35. The van der Waals surface area contributed by atoms with Gasteiger partial charge in [0.15, 0.2) is 17.5 Å². The lowest BCUT2D eigenvalue weighted by Crippen LogP contribution is -2.21. The molecule has 0 unspecified atom stereocenters. The maximum atomic E-state index is 12.3. The molecule has 3 rings (SSSR count). The fraction of sp³-hybridized carbons (Fsp3) is 0.118. The number of carbonyl (C=O) groups excluding carboxylic acids is 2. The lowest BCUT2D eigenvalue weighted by molar-refractivity contribution is -0.119. The molecule has 8 heteroatoms. The molecule has 0 bridgehead atoms. The molecule has 128 valence electrons. The molecular weight excluding hydrogens is 406 g/mol. The van der Waals surface area contributed by atoms with Gasteiger partial charge < -0.3 is 10.1 Å². The number of imidazole rings is 1. The molecule has 2 aromatic heterocycles. The van der Waals surface area contributed by atoms with Crippen molar-refractivity contribution in [2.24, 2.45) is 0 Å². The number of amides is 1. The number of rotatable bonds is 5. The highest BCUT2D eigenvalue weighted by molar-refractivity contribution is 9.10. The van der Waals surface area contributed by atoms with Crippen LogP contribution in [0.3, 0.4) is 0 Å². The third kappa shape index (κ3) is 4.02. The maximum absolute atomic E-state index is 12.3. The van der Waals surface area contributed by atoms with Gasteiger partial charge in [-0.2, -0.15) is 0 Å². The van der Waals surface area contributed by atoms with Crippen molar-refractivity contribution in [1.29, 1.82) is 0 Å². The van der Waals surface area contributed by atoms with Crippen LogP contribution in [0.5, 0.6) is 0 Å². The van der Waals surface area contributed by atoms with Crippen molar-refractivity contribution in [2.75, 3.05) is 18.2 Å². The second kappa shape index (κ2) is 7.71. The van der Waals surface area contributed by atoms with Gasteiger partial charge >= 0.3 is 5.97 Å². The van der Waals surface area contributed by atoms with Gasteiger partial charge in [-0.25, -0.2) is 9.78 Å². The van der Waals surface area contributed by atoms with E-state index in [1.54, 1.807) is 18.2 Å². The van der Waals surface area contributed by atoms with Gasteiger partial charge in [-0.05, 0) is 42.7 Å². The molecule has 0 atom stereocenters. The molecule has 25 heavy (non-hydrogen) atoms. The number of nitrogens with zero attached hydrogens (tertiary/aromatic N) is 2. The first-order chi connectivity index (χ1) is 12.1. The molecule has 0 saturated carbocycles. The first-order valence-electron chi connectivity index (χ1n) is 7.32. The zero-order chi connectivity index (χ0) is 17.8. The summed E-state index contributed by atoms with van der Waals surface area (Å²) < 4.78 is 7.83. The number of hydrogen-bond donors (Lipinski definition) is 1. The van der Waals surface area contributed by atoms with Gasteiger partial charge in [0.05, 0.1) is 5.52 Å². The number of nitrogens with one attached hydrogen (secondary N) is 1. The molecule has 0 fully saturated rings. The van der Waals surface area contributed by atoms with Crippen molar-refractivity contribution in [3.05, 3.63) is 58.8 Å². The van der Waals surface area contributed by atoms with Crippen LogP contribution in [0.1, 0.15) is 10.5 Å². The number of benzene rings is 1. The van der Waals surface area contributed by atoms with E-state index in [1.165, 1.54) is 11.8 Å². The fourth-order valence-electron chi connectivity index (χ4n) is 2.23. The average Bonchev–Trinajstić information content (AvgIpc) is 3.00. The largest absolute Gasteiger partial charge is 0.451 e. The van der Waals surface area contributed by atoms with E-state index in [0.717, 1.165) is 4.47 Å². The highest BCUT2D eigenvalue weighted by atomic mass is 79.9. The number of aromatic nitrogens is 2. The number of thioether (sulfide) groups is 1. The zero-order valence-corrected chi connectivity index (χ0v) is 15.6. The highest BCUT2D eigenvalue weighted by Crippen LogP contribution is 2.20. The van der Waals surface area contributed by atoms with Crippen LogP contribution in [0, 0.1) is 0 Å². The number of fused-ring (bicyclic) bond motifs is 1. The summed E-state index contributed by atoms with van der Waals surface area (Å²) in [6.07, 6.45) is 3.70. The van der Waals surface area contributed by atoms with Crippen LogP contribution >= 0.6 is 27.7 Å². The number of carbonyl (C=O) groups is 2. The van der Waals surface area contributed by atoms with Crippen LogP contribution in [0.25, 0.3) is 5.52 Å². The van der Waals surface area contributed by atoms with E-state index >= 15 is 0 Å². The summed E-state index contributed by atoms with van der Waals surface area (Å²) in [5, 5.41) is 3.35. The normalized spacial score (nSPS) is 10.6. The summed E-state index contributed by atoms with van der Waals surface area (Å²) in [6.45, 7) is -0.380. The van der Waals surface area contributed by atoms with E-state index in [9.17, 15) is 9.59 Å². The summed E-state index contributed by atoms with van der Waals surface area (Å²) in [7, 11) is 0. The zero-order valence-electron chi connectivity index (χ0n) is 13.2. The van der Waals surface area contributed by atoms with Gasteiger partial charge in [-0.15, -0.1) is 0 Å². The van der Waals surface area contributed by atoms with Gasteiger partial charge in [0, 0.05) is 16.4 Å². The molecule has 0 aliphatic rings. The summed E-state index contributed by atoms with van der Waals surface area (Å²) in [4.78, 5) is 28.5. The number of ether oxygens (including phenoxy) is 1. The van der Waals surface area contributed by atoms with E-state index in [-0.39, 0.29) is 12.3 Å². The lowest BCUT2D eigenvalue weighted by Gasteiger charge is -2.06. The molecule has 0 aliphatic carbocycles. The molecule has 1 aromatic carbocycles. The SMILES string of the molecule is CSc1nc(C(=O)OCC(=O)Nc2ccc(Br)cc2)c2ccccn12. The van der Waals surface area contributed by atoms with E-state index in [1.807, 2.05) is 41.1 Å². The standard InChI is InChI=1S/C17H14BrN3O3S/c1-25-17-20-15(13-4-2-3-9-21(13)17)16(23)24-10-14(22)19-12-7-5-11(18)6-8-12/h2-9H,10H2,1H3,(H,19,22). The molecule has 0 saturated heterocycles. The molecule has 0 aliphatic heterocycles. The first-order valence-corrected chi connectivity index (χ1v) is 9.34. The molecule has 1 amide bonds. The quantitative estimate of drug-likeness (QED) is 0.504. The van der Waals surface area contributed by atoms with Gasteiger partial charge in [-0.1, -0.05) is 33.8 Å². The van der Waals surface area contributed by atoms with Crippen molar-refractivity contribution in [3.63, 3.8) is 0 Å². The van der Waals surface area contributed by atoms with Crippen molar-refractivity contribution in [1.82, 2.24) is 9.38 Å². The van der Waals surface area contributed by atoms with Gasteiger partial charge in [-0.3, -0.25) is 9.20 Å². The number of pyridine rings is 1. The highest BCUT2D eigenvalue weighted by Gasteiger charge is 2.19. The van der Waals surface area contributed by atoms with Gasteiger partial charge in [0.2, 0.25) is 0 Å². The summed E-state index contributed by atoms with van der Waals surface area (Å²) >= 11 is 4.75. The van der Waals surface area contributed by atoms with Crippen LogP contribution in [0.2, 0.25) is 0 Å². The van der Waals surface area contributed by atoms with Gasteiger partial charge in [0.1, 0.15) is 0 Å². The Morgan fingerprint density at radius 3 is 2.72 bits per heavy atom. The maximum Gasteiger partial charge on any atom is 0.359 e. The molecular formula is C17H14BrN3O3S. The Morgan fingerprint density at radius 2 is 2.00 bits per heavy atom. The first kappa shape index (κ1) is 17.5.